The molecule has 35 heavy (non-hydrogen) atoms. The lowest BCUT2D eigenvalue weighted by atomic mass is 9.98. The van der Waals surface area contributed by atoms with Gasteiger partial charge in [-0.1, -0.05) is 30.7 Å². The van der Waals surface area contributed by atoms with Crippen molar-refractivity contribution < 1.29 is 14.3 Å². The minimum atomic E-state index is -0.260. The Morgan fingerprint density at radius 2 is 2.00 bits per heavy atom. The summed E-state index contributed by atoms with van der Waals surface area (Å²) in [6.07, 6.45) is 4.07. The van der Waals surface area contributed by atoms with Crippen molar-refractivity contribution in [2.75, 3.05) is 19.0 Å². The zero-order chi connectivity index (χ0) is 24.8. The first-order valence-electron chi connectivity index (χ1n) is 11.7. The van der Waals surface area contributed by atoms with E-state index in [1.807, 2.05) is 6.07 Å². The molecule has 2 amide bonds. The van der Waals surface area contributed by atoms with Crippen molar-refractivity contribution in [3.8, 4) is 5.75 Å². The van der Waals surface area contributed by atoms with E-state index in [9.17, 15) is 9.59 Å². The Kier molecular flexibility index (Phi) is 8.38. The topological polar surface area (TPSA) is 92.4 Å². The number of carbonyl (C=O) groups is 2. The van der Waals surface area contributed by atoms with Crippen LogP contribution in [0.3, 0.4) is 0 Å². The number of hydrogen-bond acceptors (Lipinski definition) is 6. The molecule has 1 unspecified atom stereocenters. The van der Waals surface area contributed by atoms with E-state index >= 15 is 0 Å². The Morgan fingerprint density at radius 3 is 2.77 bits per heavy atom. The predicted octanol–water partition coefficient (Wildman–Crippen LogP) is 4.84. The Morgan fingerprint density at radius 1 is 1.17 bits per heavy atom. The second kappa shape index (κ2) is 11.7. The minimum Gasteiger partial charge on any atom is -0.495 e. The lowest BCUT2D eigenvalue weighted by Crippen LogP contribution is -2.34. The third-order valence-corrected chi connectivity index (χ3v) is 7.23. The summed E-state index contributed by atoms with van der Waals surface area (Å²) in [6, 6.07) is 12.5. The number of nitrogens with zero attached hydrogens (tertiary/aromatic N) is 1. The van der Waals surface area contributed by atoms with Crippen molar-refractivity contribution in [1.82, 2.24) is 15.6 Å². The summed E-state index contributed by atoms with van der Waals surface area (Å²) in [5.74, 6) is 0.0346. The van der Waals surface area contributed by atoms with Crippen LogP contribution in [-0.4, -0.2) is 36.5 Å². The monoisotopic (exact) mass is 512 g/mol. The van der Waals surface area contributed by atoms with Gasteiger partial charge in [0.25, 0.3) is 11.8 Å². The van der Waals surface area contributed by atoms with Gasteiger partial charge in [0.05, 0.1) is 17.8 Å². The number of thiazole rings is 1. The van der Waals surface area contributed by atoms with E-state index in [1.165, 1.54) is 12.0 Å². The summed E-state index contributed by atoms with van der Waals surface area (Å²) in [5.41, 5.74) is 2.85. The third kappa shape index (κ3) is 6.39. The second-order valence-corrected chi connectivity index (χ2v) is 9.96. The second-order valence-electron chi connectivity index (χ2n) is 8.47. The molecule has 1 aromatic heterocycles. The molecular formula is C26H29ClN4O3S. The van der Waals surface area contributed by atoms with Crippen LogP contribution in [-0.2, 0) is 19.4 Å². The van der Waals surface area contributed by atoms with E-state index in [1.54, 1.807) is 47.7 Å². The largest absolute Gasteiger partial charge is 0.495 e. The smallest absolute Gasteiger partial charge is 0.257 e. The summed E-state index contributed by atoms with van der Waals surface area (Å²) in [7, 11) is 1.52. The molecule has 0 bridgehead atoms. The number of rotatable bonds is 9. The van der Waals surface area contributed by atoms with Crippen molar-refractivity contribution in [2.24, 2.45) is 0 Å². The molecule has 0 aliphatic heterocycles. The van der Waals surface area contributed by atoms with Crippen LogP contribution in [0.4, 0.5) is 5.13 Å². The highest BCUT2D eigenvalue weighted by Crippen LogP contribution is 2.30. The van der Waals surface area contributed by atoms with Crippen molar-refractivity contribution in [1.29, 1.82) is 0 Å². The number of fused-ring (bicyclic) bond motifs is 1. The van der Waals surface area contributed by atoms with Gasteiger partial charge in [0.1, 0.15) is 5.75 Å². The van der Waals surface area contributed by atoms with Crippen LogP contribution in [0.15, 0.2) is 42.5 Å². The van der Waals surface area contributed by atoms with Crippen LogP contribution in [0.5, 0.6) is 5.75 Å². The molecule has 1 atom stereocenters. The molecule has 1 aliphatic rings. The van der Waals surface area contributed by atoms with E-state index in [4.69, 9.17) is 16.3 Å². The Labute approximate surface area is 214 Å². The quantitative estimate of drug-likeness (QED) is 0.381. The van der Waals surface area contributed by atoms with Gasteiger partial charge >= 0.3 is 0 Å². The number of benzene rings is 2. The van der Waals surface area contributed by atoms with Crippen molar-refractivity contribution in [3.63, 3.8) is 0 Å². The number of carbonyl (C=O) groups excluding carboxylic acids is 2. The highest BCUT2D eigenvalue weighted by atomic mass is 35.5. The number of amides is 2. The molecule has 3 aromatic rings. The van der Waals surface area contributed by atoms with Gasteiger partial charge in [-0.15, -0.1) is 11.3 Å². The van der Waals surface area contributed by atoms with E-state index in [0.717, 1.165) is 43.5 Å². The van der Waals surface area contributed by atoms with Gasteiger partial charge in [0.15, 0.2) is 5.13 Å². The molecule has 0 spiro atoms. The lowest BCUT2D eigenvalue weighted by molar-refractivity contribution is 0.0950. The molecule has 0 saturated carbocycles. The van der Waals surface area contributed by atoms with Crippen molar-refractivity contribution in [2.45, 2.75) is 45.2 Å². The molecule has 184 valence electrons. The molecule has 3 N–H and O–H groups in total. The molecular weight excluding hydrogens is 484 g/mol. The summed E-state index contributed by atoms with van der Waals surface area (Å²) in [4.78, 5) is 31.3. The Bertz CT molecular complexity index is 1210. The molecule has 9 heteroatoms. The van der Waals surface area contributed by atoms with E-state index in [2.05, 4.69) is 27.9 Å². The molecule has 0 saturated heterocycles. The molecule has 1 heterocycles. The standard InChI is InChI=1S/C26H29ClN4O3S/c1-3-11-28-19-8-9-21-23(14-19)35-26(30-21)31-25(33)17-6-4-5-16(12-17)15-29-24(32)18-7-10-22(34-2)20(27)13-18/h4-7,10,12-13,19,28H,3,8-9,11,14-15H2,1-2H3,(H,29,32)(H,30,31,33). The number of ether oxygens (including phenoxy) is 1. The van der Waals surface area contributed by atoms with Gasteiger partial charge in [-0.2, -0.15) is 0 Å². The Hall–Kier alpha value is -2.94. The Balaban J connectivity index is 1.35. The van der Waals surface area contributed by atoms with Gasteiger partial charge in [-0.05, 0) is 68.1 Å². The van der Waals surface area contributed by atoms with Gasteiger partial charge < -0.3 is 15.4 Å². The minimum absolute atomic E-state index is 0.216. The highest BCUT2D eigenvalue weighted by molar-refractivity contribution is 7.15. The van der Waals surface area contributed by atoms with Gasteiger partial charge in [0.2, 0.25) is 0 Å². The van der Waals surface area contributed by atoms with E-state index in [0.29, 0.717) is 33.1 Å². The molecule has 0 fully saturated rings. The SMILES string of the molecule is CCCNC1CCc2nc(NC(=O)c3cccc(CNC(=O)c4ccc(OC)c(Cl)c4)c3)sc2C1. The van der Waals surface area contributed by atoms with Crippen molar-refractivity contribution >= 4 is 39.9 Å². The van der Waals surface area contributed by atoms with Crippen LogP contribution in [0.2, 0.25) is 5.02 Å². The van der Waals surface area contributed by atoms with Crippen LogP contribution < -0.4 is 20.7 Å². The number of aromatic nitrogens is 1. The number of nitrogens with one attached hydrogen (secondary N) is 3. The fraction of sp³-hybridized carbons (Fsp3) is 0.346. The van der Waals surface area contributed by atoms with E-state index in [-0.39, 0.29) is 18.4 Å². The molecule has 4 rings (SSSR count). The van der Waals surface area contributed by atoms with Crippen LogP contribution in [0.1, 0.15) is 56.6 Å². The molecule has 0 radical (unpaired) electrons. The fourth-order valence-electron chi connectivity index (χ4n) is 4.03. The van der Waals surface area contributed by atoms with Crippen LogP contribution >= 0.6 is 22.9 Å². The number of aryl methyl sites for hydroxylation is 1. The average Bonchev–Trinajstić information content (AvgIpc) is 3.27. The van der Waals surface area contributed by atoms with E-state index < -0.39 is 0 Å². The summed E-state index contributed by atoms with van der Waals surface area (Å²) >= 11 is 7.67. The number of methoxy groups -OCH3 is 1. The average molecular weight is 513 g/mol. The zero-order valence-electron chi connectivity index (χ0n) is 19.8. The molecule has 1 aliphatic carbocycles. The summed E-state index contributed by atoms with van der Waals surface area (Å²) in [5, 5.41) is 10.4. The molecule has 2 aromatic carbocycles. The van der Waals surface area contributed by atoms with Gasteiger partial charge in [-0.25, -0.2) is 4.98 Å². The first-order chi connectivity index (χ1) is 17.0. The number of halogens is 1. The van der Waals surface area contributed by atoms with Gasteiger partial charge in [-0.3, -0.25) is 14.9 Å². The van der Waals surface area contributed by atoms with Gasteiger partial charge in [0, 0.05) is 28.6 Å². The fourth-order valence-corrected chi connectivity index (χ4v) is 5.38. The number of hydrogen-bond donors (Lipinski definition) is 3. The predicted molar refractivity (Wildman–Crippen MR) is 140 cm³/mol. The number of anilines is 1. The summed E-state index contributed by atoms with van der Waals surface area (Å²) in [6.45, 7) is 3.47. The maximum atomic E-state index is 12.9. The maximum Gasteiger partial charge on any atom is 0.257 e. The lowest BCUT2D eigenvalue weighted by Gasteiger charge is -2.21. The highest BCUT2D eigenvalue weighted by Gasteiger charge is 2.23. The van der Waals surface area contributed by atoms with Crippen LogP contribution in [0, 0.1) is 0 Å². The van der Waals surface area contributed by atoms with Crippen LogP contribution in [0.25, 0.3) is 0 Å². The molecule has 7 nitrogen and oxygen atoms in total. The first kappa shape index (κ1) is 25.2. The maximum absolute atomic E-state index is 12.9. The first-order valence-corrected chi connectivity index (χ1v) is 12.9. The van der Waals surface area contributed by atoms with Crippen molar-refractivity contribution in [3.05, 3.63) is 74.7 Å². The summed E-state index contributed by atoms with van der Waals surface area (Å²) < 4.78 is 5.12. The third-order valence-electron chi connectivity index (χ3n) is 5.90. The normalized spacial score (nSPS) is 14.8. The zero-order valence-corrected chi connectivity index (χ0v) is 21.4.